The minimum Gasteiger partial charge on any atom is -0.396 e. The Kier molecular flexibility index (Phi) is 3.13. The molecule has 5 atom stereocenters. The van der Waals surface area contributed by atoms with E-state index in [0.29, 0.717) is 5.92 Å². The minimum absolute atomic E-state index is 0.0900. The van der Waals surface area contributed by atoms with Gasteiger partial charge in [0, 0.05) is 17.4 Å². The van der Waals surface area contributed by atoms with Crippen LogP contribution in [0.25, 0.3) is 0 Å². The number of hydrogen-bond acceptors (Lipinski definition) is 2. The Morgan fingerprint density at radius 1 is 1.33 bits per heavy atom. The predicted molar refractivity (Wildman–Crippen MR) is 69.9 cm³/mol. The Morgan fingerprint density at radius 3 is 2.78 bits per heavy atom. The van der Waals surface area contributed by atoms with Gasteiger partial charge in [0.15, 0.2) is 0 Å². The van der Waals surface area contributed by atoms with E-state index in [1.165, 1.54) is 19.3 Å². The highest BCUT2D eigenvalue weighted by Gasteiger charge is 2.45. The number of aliphatic hydroxyl groups excluding tert-OH is 1. The summed E-state index contributed by atoms with van der Waals surface area (Å²) in [5.41, 5.74) is -0.0900. The van der Waals surface area contributed by atoms with E-state index >= 15 is 0 Å². The van der Waals surface area contributed by atoms with Crippen molar-refractivity contribution in [2.75, 3.05) is 6.61 Å². The van der Waals surface area contributed by atoms with Gasteiger partial charge >= 0.3 is 0 Å². The van der Waals surface area contributed by atoms with Crippen molar-refractivity contribution in [3.63, 3.8) is 0 Å². The monoisotopic (exact) mass is 251 g/mol. The predicted octanol–water partition coefficient (Wildman–Crippen LogP) is 2.09. The van der Waals surface area contributed by atoms with Crippen LogP contribution in [0.5, 0.6) is 0 Å². The molecule has 0 heterocycles. The lowest BCUT2D eigenvalue weighted by Gasteiger charge is -2.32. The number of fused-ring (bicyclic) bond motifs is 2. The quantitative estimate of drug-likeness (QED) is 0.807. The van der Waals surface area contributed by atoms with Gasteiger partial charge in [-0.2, -0.15) is 0 Å². The maximum atomic E-state index is 12.4. The van der Waals surface area contributed by atoms with Crippen molar-refractivity contribution in [2.45, 2.75) is 57.9 Å². The Labute approximate surface area is 109 Å². The summed E-state index contributed by atoms with van der Waals surface area (Å²) >= 11 is 0. The lowest BCUT2D eigenvalue weighted by molar-refractivity contribution is -0.128. The van der Waals surface area contributed by atoms with Gasteiger partial charge in [-0.3, -0.25) is 4.79 Å². The van der Waals surface area contributed by atoms with Crippen LogP contribution >= 0.6 is 0 Å². The van der Waals surface area contributed by atoms with E-state index in [1.54, 1.807) is 0 Å². The molecule has 0 saturated heterocycles. The van der Waals surface area contributed by atoms with Gasteiger partial charge in [0.2, 0.25) is 5.91 Å². The zero-order valence-electron chi connectivity index (χ0n) is 11.3. The lowest BCUT2D eigenvalue weighted by Crippen LogP contribution is -2.47. The van der Waals surface area contributed by atoms with Crippen LogP contribution in [0.4, 0.5) is 0 Å². The average molecular weight is 251 g/mol. The van der Waals surface area contributed by atoms with E-state index in [4.69, 9.17) is 0 Å². The van der Waals surface area contributed by atoms with Gasteiger partial charge in [0.25, 0.3) is 0 Å². The zero-order chi connectivity index (χ0) is 12.8. The van der Waals surface area contributed by atoms with E-state index in [0.717, 1.165) is 31.6 Å². The van der Waals surface area contributed by atoms with Crippen molar-refractivity contribution in [3.8, 4) is 0 Å². The van der Waals surface area contributed by atoms with Gasteiger partial charge in [0.1, 0.15) is 0 Å². The fraction of sp³-hybridized carbons (Fsp3) is 0.933. The summed E-state index contributed by atoms with van der Waals surface area (Å²) in [6, 6.07) is 0.189. The van der Waals surface area contributed by atoms with Crippen LogP contribution < -0.4 is 5.32 Å². The molecule has 0 aliphatic heterocycles. The molecule has 5 unspecified atom stereocenters. The molecular weight excluding hydrogens is 226 g/mol. The molecule has 3 nitrogen and oxygen atoms in total. The average Bonchev–Trinajstić information content (AvgIpc) is 3.06. The Balaban J connectivity index is 1.61. The number of carbonyl (C=O) groups is 1. The number of rotatable bonds is 3. The highest BCUT2D eigenvalue weighted by Crippen LogP contribution is 2.48. The molecule has 1 amide bonds. The molecule has 0 radical (unpaired) electrons. The van der Waals surface area contributed by atoms with Crippen molar-refractivity contribution in [2.24, 2.45) is 23.2 Å². The molecular formula is C15H25NO2. The molecule has 3 aliphatic carbocycles. The molecule has 18 heavy (non-hydrogen) atoms. The van der Waals surface area contributed by atoms with Gasteiger partial charge in [-0.15, -0.1) is 0 Å². The maximum absolute atomic E-state index is 12.4. The van der Waals surface area contributed by atoms with Crippen molar-refractivity contribution >= 4 is 5.91 Å². The highest BCUT2D eigenvalue weighted by atomic mass is 16.3. The summed E-state index contributed by atoms with van der Waals surface area (Å²) in [5.74, 6) is 2.01. The first-order valence-electron chi connectivity index (χ1n) is 7.53. The zero-order valence-corrected chi connectivity index (χ0v) is 11.3. The molecule has 102 valence electrons. The van der Waals surface area contributed by atoms with Crippen molar-refractivity contribution in [1.82, 2.24) is 5.32 Å². The largest absolute Gasteiger partial charge is 0.396 e. The third-order valence-corrected chi connectivity index (χ3v) is 5.83. The van der Waals surface area contributed by atoms with Gasteiger partial charge in [-0.25, -0.2) is 0 Å². The third-order valence-electron chi connectivity index (χ3n) is 5.83. The molecule has 3 saturated carbocycles. The van der Waals surface area contributed by atoms with E-state index < -0.39 is 0 Å². The van der Waals surface area contributed by atoms with Crippen molar-refractivity contribution in [1.29, 1.82) is 0 Å². The summed E-state index contributed by atoms with van der Waals surface area (Å²) in [5, 5.41) is 12.8. The summed E-state index contributed by atoms with van der Waals surface area (Å²) in [6.07, 6.45) is 8.17. The first kappa shape index (κ1) is 12.5. The van der Waals surface area contributed by atoms with E-state index in [1.807, 2.05) is 0 Å². The lowest BCUT2D eigenvalue weighted by atomic mass is 9.84. The SMILES string of the molecule is CC1(CO)CCCC1NC(=O)C1CC2CCC1C2. The minimum atomic E-state index is -0.0900. The number of amides is 1. The number of hydrogen-bond donors (Lipinski definition) is 2. The summed E-state index contributed by atoms with van der Waals surface area (Å²) in [6.45, 7) is 2.29. The molecule has 0 aromatic rings. The van der Waals surface area contributed by atoms with Gasteiger partial charge in [-0.05, 0) is 43.9 Å². The second kappa shape index (κ2) is 4.52. The Hall–Kier alpha value is -0.570. The fourth-order valence-electron chi connectivity index (χ4n) is 4.51. The second-order valence-corrected chi connectivity index (χ2v) is 7.05. The summed E-state index contributed by atoms with van der Waals surface area (Å²) in [7, 11) is 0. The number of nitrogens with one attached hydrogen (secondary N) is 1. The third kappa shape index (κ3) is 1.97. The standard InChI is InChI=1S/C15H25NO2/c1-15(9-17)6-2-3-13(15)16-14(18)12-8-10-4-5-11(12)7-10/h10-13,17H,2-9H2,1H3,(H,16,18). The Bertz CT molecular complexity index is 343. The molecule has 2 bridgehead atoms. The second-order valence-electron chi connectivity index (χ2n) is 7.05. The molecule has 3 aliphatic rings. The number of aliphatic hydroxyl groups is 1. The van der Waals surface area contributed by atoms with Crippen LogP contribution in [0.3, 0.4) is 0 Å². The van der Waals surface area contributed by atoms with E-state index in [9.17, 15) is 9.90 Å². The maximum Gasteiger partial charge on any atom is 0.223 e. The van der Waals surface area contributed by atoms with Crippen LogP contribution in [-0.2, 0) is 4.79 Å². The summed E-state index contributed by atoms with van der Waals surface area (Å²) in [4.78, 5) is 12.4. The topological polar surface area (TPSA) is 49.3 Å². The van der Waals surface area contributed by atoms with E-state index in [2.05, 4.69) is 12.2 Å². The van der Waals surface area contributed by atoms with Crippen molar-refractivity contribution < 1.29 is 9.90 Å². The molecule has 0 aromatic carbocycles. The van der Waals surface area contributed by atoms with Crippen LogP contribution in [0, 0.1) is 23.2 Å². The van der Waals surface area contributed by atoms with Gasteiger partial charge < -0.3 is 10.4 Å². The number of carbonyl (C=O) groups excluding carboxylic acids is 1. The van der Waals surface area contributed by atoms with Crippen LogP contribution in [0.1, 0.15) is 51.9 Å². The van der Waals surface area contributed by atoms with Crippen LogP contribution in [0.15, 0.2) is 0 Å². The van der Waals surface area contributed by atoms with Crippen molar-refractivity contribution in [3.05, 3.63) is 0 Å². The summed E-state index contributed by atoms with van der Waals surface area (Å²) < 4.78 is 0. The van der Waals surface area contributed by atoms with Crippen LogP contribution in [0.2, 0.25) is 0 Å². The molecule has 3 fully saturated rings. The molecule has 0 aromatic heterocycles. The first-order chi connectivity index (χ1) is 8.62. The van der Waals surface area contributed by atoms with Gasteiger partial charge in [0.05, 0.1) is 6.61 Å². The van der Waals surface area contributed by atoms with Crippen LogP contribution in [-0.4, -0.2) is 23.7 Å². The normalized spacial score (nSPS) is 46.6. The first-order valence-corrected chi connectivity index (χ1v) is 7.53. The Morgan fingerprint density at radius 2 is 2.17 bits per heavy atom. The highest BCUT2D eigenvalue weighted by molar-refractivity contribution is 5.80. The molecule has 3 heteroatoms. The molecule has 0 spiro atoms. The molecule has 2 N–H and O–H groups in total. The van der Waals surface area contributed by atoms with E-state index in [-0.39, 0.29) is 29.9 Å². The van der Waals surface area contributed by atoms with Gasteiger partial charge in [-0.1, -0.05) is 19.8 Å². The molecule has 3 rings (SSSR count). The fourth-order valence-corrected chi connectivity index (χ4v) is 4.51. The smallest absolute Gasteiger partial charge is 0.223 e.